The predicted octanol–water partition coefficient (Wildman–Crippen LogP) is 2.03. The van der Waals surface area contributed by atoms with Gasteiger partial charge in [0, 0.05) is 12.7 Å². The summed E-state index contributed by atoms with van der Waals surface area (Å²) in [6, 6.07) is 5.60. The van der Waals surface area contributed by atoms with Crippen molar-refractivity contribution in [3.63, 3.8) is 0 Å². The van der Waals surface area contributed by atoms with Crippen LogP contribution in [0.2, 0.25) is 0 Å². The van der Waals surface area contributed by atoms with Gasteiger partial charge in [-0.3, -0.25) is 4.68 Å². The second-order valence-corrected chi connectivity index (χ2v) is 4.36. The van der Waals surface area contributed by atoms with E-state index in [1.165, 1.54) is 0 Å². The number of hydrogen-bond donors (Lipinski definition) is 1. The number of aryl methyl sites for hydroxylation is 2. The average molecular weight is 258 g/mol. The number of benzene rings is 1. The largest absolute Gasteiger partial charge is 0.466 e. The molecule has 1 aromatic carbocycles. The van der Waals surface area contributed by atoms with Crippen LogP contribution < -0.4 is 10.5 Å². The molecular formula is C13H14N4O2. The molecule has 0 bridgehead atoms. The van der Waals surface area contributed by atoms with E-state index < -0.39 is 0 Å². The lowest BCUT2D eigenvalue weighted by molar-refractivity contribution is 0.252. The fourth-order valence-corrected chi connectivity index (χ4v) is 1.96. The summed E-state index contributed by atoms with van der Waals surface area (Å²) in [7, 11) is 1.86. The van der Waals surface area contributed by atoms with E-state index in [0.717, 1.165) is 16.7 Å². The highest BCUT2D eigenvalue weighted by Crippen LogP contribution is 2.26. The smallest absolute Gasteiger partial charge is 0.241 e. The minimum absolute atomic E-state index is 0.245. The maximum absolute atomic E-state index is 5.79. The molecule has 0 aliphatic heterocycles. The van der Waals surface area contributed by atoms with Crippen molar-refractivity contribution in [1.29, 1.82) is 0 Å². The Kier molecular flexibility index (Phi) is 2.63. The summed E-state index contributed by atoms with van der Waals surface area (Å²) in [6.45, 7) is 2.09. The molecule has 0 unspecified atom stereocenters. The number of nitrogen functional groups attached to an aromatic ring is 1. The van der Waals surface area contributed by atoms with Crippen LogP contribution in [0.25, 0.3) is 10.9 Å². The monoisotopic (exact) mass is 258 g/mol. The van der Waals surface area contributed by atoms with Gasteiger partial charge in [0.25, 0.3) is 0 Å². The highest BCUT2D eigenvalue weighted by Gasteiger charge is 2.11. The van der Waals surface area contributed by atoms with Gasteiger partial charge in [0.2, 0.25) is 11.8 Å². The molecule has 0 saturated carbocycles. The lowest BCUT2D eigenvalue weighted by Gasteiger charge is -2.00. The first kappa shape index (κ1) is 11.6. The van der Waals surface area contributed by atoms with Gasteiger partial charge in [-0.1, -0.05) is 0 Å². The molecule has 6 heteroatoms. The normalized spacial score (nSPS) is 11.1. The van der Waals surface area contributed by atoms with Gasteiger partial charge in [0.15, 0.2) is 6.61 Å². The summed E-state index contributed by atoms with van der Waals surface area (Å²) >= 11 is 0. The van der Waals surface area contributed by atoms with Crippen molar-refractivity contribution in [1.82, 2.24) is 14.8 Å². The second kappa shape index (κ2) is 4.31. The second-order valence-electron chi connectivity index (χ2n) is 4.36. The van der Waals surface area contributed by atoms with Crippen LogP contribution in [0.15, 0.2) is 28.8 Å². The maximum atomic E-state index is 5.79. The van der Waals surface area contributed by atoms with E-state index in [9.17, 15) is 0 Å². The Labute approximate surface area is 109 Å². The molecule has 0 spiro atoms. The highest BCUT2D eigenvalue weighted by molar-refractivity contribution is 5.87. The molecule has 19 heavy (non-hydrogen) atoms. The van der Waals surface area contributed by atoms with Crippen molar-refractivity contribution in [3.8, 4) is 5.88 Å². The Bertz CT molecular complexity index is 729. The predicted molar refractivity (Wildman–Crippen MR) is 70.7 cm³/mol. The third-order valence-electron chi connectivity index (χ3n) is 2.84. The SMILES string of the molecule is Cc1cnc(COc2nn(C)c3ccc(N)cc23)o1. The van der Waals surface area contributed by atoms with E-state index in [2.05, 4.69) is 10.1 Å². The number of fused-ring (bicyclic) bond motifs is 1. The first-order valence-corrected chi connectivity index (χ1v) is 5.90. The van der Waals surface area contributed by atoms with E-state index in [-0.39, 0.29) is 6.61 Å². The zero-order chi connectivity index (χ0) is 13.4. The van der Waals surface area contributed by atoms with Crippen LogP contribution in [0.1, 0.15) is 11.7 Å². The lowest BCUT2D eigenvalue weighted by Crippen LogP contribution is -1.97. The van der Waals surface area contributed by atoms with E-state index in [0.29, 0.717) is 17.5 Å². The summed E-state index contributed by atoms with van der Waals surface area (Å²) in [5, 5.41) is 5.20. The van der Waals surface area contributed by atoms with Gasteiger partial charge in [-0.25, -0.2) is 4.98 Å². The van der Waals surface area contributed by atoms with Crippen LogP contribution in [0.3, 0.4) is 0 Å². The summed E-state index contributed by atoms with van der Waals surface area (Å²) in [6.07, 6.45) is 1.66. The Morgan fingerprint density at radius 2 is 2.26 bits per heavy atom. The quantitative estimate of drug-likeness (QED) is 0.727. The van der Waals surface area contributed by atoms with Crippen LogP contribution >= 0.6 is 0 Å². The third-order valence-corrected chi connectivity index (χ3v) is 2.84. The Balaban J connectivity index is 1.90. The van der Waals surface area contributed by atoms with Crippen molar-refractivity contribution in [3.05, 3.63) is 36.0 Å². The van der Waals surface area contributed by atoms with Crippen molar-refractivity contribution >= 4 is 16.6 Å². The molecule has 6 nitrogen and oxygen atoms in total. The number of nitrogens with two attached hydrogens (primary N) is 1. The number of anilines is 1. The summed E-state index contributed by atoms with van der Waals surface area (Å²) < 4.78 is 12.8. The van der Waals surface area contributed by atoms with Gasteiger partial charge in [-0.05, 0) is 25.1 Å². The Hall–Kier alpha value is -2.50. The molecule has 0 atom stereocenters. The van der Waals surface area contributed by atoms with E-state index >= 15 is 0 Å². The molecule has 0 radical (unpaired) electrons. The van der Waals surface area contributed by atoms with Crippen LogP contribution in [-0.4, -0.2) is 14.8 Å². The first-order chi connectivity index (χ1) is 9.13. The number of ether oxygens (including phenoxy) is 1. The van der Waals surface area contributed by atoms with E-state index in [1.54, 1.807) is 10.9 Å². The summed E-state index contributed by atoms with van der Waals surface area (Å²) in [5.74, 6) is 1.81. The number of hydrogen-bond acceptors (Lipinski definition) is 5. The van der Waals surface area contributed by atoms with Gasteiger partial charge < -0.3 is 14.9 Å². The molecule has 0 fully saturated rings. The van der Waals surface area contributed by atoms with Crippen molar-refractivity contribution in [2.24, 2.45) is 7.05 Å². The molecule has 98 valence electrons. The lowest BCUT2D eigenvalue weighted by atomic mass is 10.2. The highest BCUT2D eigenvalue weighted by atomic mass is 16.5. The summed E-state index contributed by atoms with van der Waals surface area (Å²) in [4.78, 5) is 4.08. The molecule has 0 amide bonds. The Morgan fingerprint density at radius 1 is 1.42 bits per heavy atom. The van der Waals surface area contributed by atoms with Crippen LogP contribution in [0.5, 0.6) is 5.88 Å². The van der Waals surface area contributed by atoms with Crippen LogP contribution in [0, 0.1) is 6.92 Å². The van der Waals surface area contributed by atoms with E-state index in [1.807, 2.05) is 32.2 Å². The van der Waals surface area contributed by atoms with Crippen molar-refractivity contribution < 1.29 is 9.15 Å². The van der Waals surface area contributed by atoms with Crippen LogP contribution in [0.4, 0.5) is 5.69 Å². The molecule has 2 aromatic heterocycles. The number of rotatable bonds is 3. The first-order valence-electron chi connectivity index (χ1n) is 5.90. The zero-order valence-corrected chi connectivity index (χ0v) is 10.8. The maximum Gasteiger partial charge on any atom is 0.241 e. The van der Waals surface area contributed by atoms with Crippen molar-refractivity contribution in [2.75, 3.05) is 5.73 Å². The molecule has 0 aliphatic carbocycles. The summed E-state index contributed by atoms with van der Waals surface area (Å²) in [5.41, 5.74) is 7.43. The molecule has 2 heterocycles. The van der Waals surface area contributed by atoms with Gasteiger partial charge in [-0.2, -0.15) is 0 Å². The molecule has 2 N–H and O–H groups in total. The molecule has 3 rings (SSSR count). The number of nitrogens with zero attached hydrogens (tertiary/aromatic N) is 3. The Morgan fingerprint density at radius 3 is 3.00 bits per heavy atom. The van der Waals surface area contributed by atoms with Gasteiger partial charge in [-0.15, -0.1) is 5.10 Å². The zero-order valence-electron chi connectivity index (χ0n) is 10.8. The minimum atomic E-state index is 0.245. The number of aromatic nitrogens is 3. The van der Waals surface area contributed by atoms with E-state index in [4.69, 9.17) is 14.9 Å². The van der Waals surface area contributed by atoms with Crippen LogP contribution in [-0.2, 0) is 13.7 Å². The van der Waals surface area contributed by atoms with Gasteiger partial charge in [0.1, 0.15) is 5.76 Å². The average Bonchev–Trinajstić information content (AvgIpc) is 2.91. The molecule has 0 aliphatic rings. The fourth-order valence-electron chi connectivity index (χ4n) is 1.96. The van der Waals surface area contributed by atoms with Gasteiger partial charge in [0.05, 0.1) is 17.1 Å². The van der Waals surface area contributed by atoms with Crippen molar-refractivity contribution in [2.45, 2.75) is 13.5 Å². The molecule has 0 saturated heterocycles. The topological polar surface area (TPSA) is 79.1 Å². The minimum Gasteiger partial charge on any atom is -0.466 e. The van der Waals surface area contributed by atoms with Gasteiger partial charge >= 0.3 is 0 Å². The fraction of sp³-hybridized carbons (Fsp3) is 0.231. The third kappa shape index (κ3) is 2.12. The number of oxazole rings is 1. The molecule has 3 aromatic rings. The molecular weight excluding hydrogens is 244 g/mol. The standard InChI is InChI=1S/C13H14N4O2/c1-8-6-15-12(19-8)7-18-13-10-5-9(14)3-4-11(10)17(2)16-13/h3-6H,7,14H2,1-2H3.